The van der Waals surface area contributed by atoms with Crippen molar-refractivity contribution in [2.45, 2.75) is 39.7 Å². The van der Waals surface area contributed by atoms with Gasteiger partial charge >= 0.3 is 0 Å². The van der Waals surface area contributed by atoms with Gasteiger partial charge in [-0.05, 0) is 20.8 Å². The van der Waals surface area contributed by atoms with Crippen molar-refractivity contribution in [3.8, 4) is 5.88 Å². The van der Waals surface area contributed by atoms with Crippen LogP contribution in [-0.2, 0) is 0 Å². The van der Waals surface area contributed by atoms with Gasteiger partial charge in [0.05, 0.1) is 0 Å². The number of likely N-dealkylation sites (tertiary alicyclic amines) is 1. The van der Waals surface area contributed by atoms with Gasteiger partial charge in [0.2, 0.25) is 5.88 Å². The molecule has 2 aromatic heterocycles. The first-order valence-electron chi connectivity index (χ1n) is 7.73. The van der Waals surface area contributed by atoms with Crippen LogP contribution in [0.3, 0.4) is 0 Å². The van der Waals surface area contributed by atoms with Crippen molar-refractivity contribution in [3.63, 3.8) is 0 Å². The highest BCUT2D eigenvalue weighted by atomic mass is 16.5. The van der Waals surface area contributed by atoms with Crippen LogP contribution >= 0.6 is 0 Å². The Kier molecular flexibility index (Phi) is 4.27. The quantitative estimate of drug-likeness (QED) is 0.862. The minimum Gasteiger partial charge on any atom is -0.474 e. The number of rotatable bonds is 3. The van der Waals surface area contributed by atoms with Gasteiger partial charge in [-0.3, -0.25) is 4.79 Å². The average Bonchev–Trinajstić information content (AvgIpc) is 2.93. The van der Waals surface area contributed by atoms with E-state index >= 15 is 0 Å². The van der Waals surface area contributed by atoms with Crippen molar-refractivity contribution in [1.82, 2.24) is 20.0 Å². The molecule has 1 fully saturated rings. The monoisotopic (exact) mass is 316 g/mol. The second-order valence-corrected chi connectivity index (χ2v) is 5.83. The first kappa shape index (κ1) is 15.5. The minimum absolute atomic E-state index is 0.0618. The molecule has 1 aliphatic heterocycles. The Balaban J connectivity index is 1.57. The van der Waals surface area contributed by atoms with Gasteiger partial charge in [0.25, 0.3) is 5.91 Å². The molecule has 2 aromatic rings. The summed E-state index contributed by atoms with van der Waals surface area (Å²) in [5, 5.41) is 3.78. The average molecular weight is 316 g/mol. The van der Waals surface area contributed by atoms with E-state index in [1.165, 1.54) is 0 Å². The van der Waals surface area contributed by atoms with Crippen LogP contribution in [0.2, 0.25) is 0 Å². The van der Waals surface area contributed by atoms with E-state index in [1.807, 2.05) is 19.9 Å². The number of nitrogens with zero attached hydrogens (tertiary/aromatic N) is 4. The van der Waals surface area contributed by atoms with Crippen molar-refractivity contribution in [3.05, 3.63) is 35.1 Å². The van der Waals surface area contributed by atoms with Crippen LogP contribution in [0.1, 0.15) is 40.6 Å². The predicted octanol–water partition coefficient (Wildman–Crippen LogP) is 2.07. The lowest BCUT2D eigenvalue weighted by Gasteiger charge is -2.31. The van der Waals surface area contributed by atoms with Crippen molar-refractivity contribution < 1.29 is 14.1 Å². The molecule has 7 heteroatoms. The highest BCUT2D eigenvalue weighted by Gasteiger charge is 2.26. The fourth-order valence-corrected chi connectivity index (χ4v) is 2.72. The van der Waals surface area contributed by atoms with Crippen LogP contribution in [0.15, 0.2) is 16.7 Å². The summed E-state index contributed by atoms with van der Waals surface area (Å²) in [6.07, 6.45) is 1.60. The number of carbonyl (C=O) groups excluding carboxylic acids is 1. The van der Waals surface area contributed by atoms with Crippen molar-refractivity contribution in [1.29, 1.82) is 0 Å². The molecule has 3 rings (SSSR count). The van der Waals surface area contributed by atoms with Gasteiger partial charge < -0.3 is 14.2 Å². The molecule has 0 N–H and O–H groups in total. The fourth-order valence-electron chi connectivity index (χ4n) is 2.72. The number of amides is 1. The molecular weight excluding hydrogens is 296 g/mol. The summed E-state index contributed by atoms with van der Waals surface area (Å²) < 4.78 is 10.9. The van der Waals surface area contributed by atoms with Gasteiger partial charge in [-0.1, -0.05) is 5.16 Å². The molecule has 1 amide bonds. The third-order valence-corrected chi connectivity index (χ3v) is 3.81. The number of aryl methyl sites for hydroxylation is 3. The van der Waals surface area contributed by atoms with Crippen LogP contribution < -0.4 is 4.74 Å². The van der Waals surface area contributed by atoms with Crippen molar-refractivity contribution in [2.24, 2.45) is 0 Å². The van der Waals surface area contributed by atoms with Gasteiger partial charge in [-0.25, -0.2) is 4.98 Å². The maximum Gasteiger partial charge on any atom is 0.276 e. The van der Waals surface area contributed by atoms with Gasteiger partial charge in [-0.2, -0.15) is 4.98 Å². The fraction of sp³-hybridized carbons (Fsp3) is 0.500. The summed E-state index contributed by atoms with van der Waals surface area (Å²) in [5.74, 6) is 1.86. The highest BCUT2D eigenvalue weighted by Crippen LogP contribution is 2.19. The lowest BCUT2D eigenvalue weighted by Crippen LogP contribution is -2.42. The molecule has 0 atom stereocenters. The van der Waals surface area contributed by atoms with Gasteiger partial charge in [0, 0.05) is 43.8 Å². The van der Waals surface area contributed by atoms with E-state index < -0.39 is 0 Å². The zero-order valence-corrected chi connectivity index (χ0v) is 13.6. The SMILES string of the molecule is Cc1cc(OC2CCN(C(=O)c3cc(C)on3)CC2)nc(C)n1. The Bertz CT molecular complexity index is 685. The maximum atomic E-state index is 12.3. The van der Waals surface area contributed by atoms with Gasteiger partial charge in [-0.15, -0.1) is 0 Å². The lowest BCUT2D eigenvalue weighted by molar-refractivity contribution is 0.0578. The Morgan fingerprint density at radius 3 is 2.57 bits per heavy atom. The molecule has 0 unspecified atom stereocenters. The Morgan fingerprint density at radius 2 is 1.96 bits per heavy atom. The van der Waals surface area contributed by atoms with E-state index in [-0.39, 0.29) is 12.0 Å². The smallest absolute Gasteiger partial charge is 0.276 e. The van der Waals surface area contributed by atoms with Gasteiger partial charge in [0.1, 0.15) is 17.7 Å². The second kappa shape index (κ2) is 6.36. The van der Waals surface area contributed by atoms with E-state index in [4.69, 9.17) is 9.26 Å². The number of hydrogen-bond donors (Lipinski definition) is 0. The zero-order valence-electron chi connectivity index (χ0n) is 13.6. The standard InChI is InChI=1S/C16H20N4O3/c1-10-8-15(18-12(3)17-10)22-13-4-6-20(7-5-13)16(21)14-9-11(2)23-19-14/h8-9,13H,4-7H2,1-3H3. The maximum absolute atomic E-state index is 12.3. The Hall–Kier alpha value is -2.44. The molecule has 1 saturated heterocycles. The molecule has 3 heterocycles. The molecule has 0 aliphatic carbocycles. The molecule has 23 heavy (non-hydrogen) atoms. The van der Waals surface area contributed by atoms with E-state index in [2.05, 4.69) is 15.1 Å². The van der Waals surface area contributed by atoms with Crippen LogP contribution in [0.25, 0.3) is 0 Å². The van der Waals surface area contributed by atoms with E-state index in [1.54, 1.807) is 17.9 Å². The van der Waals surface area contributed by atoms with Crippen molar-refractivity contribution >= 4 is 5.91 Å². The second-order valence-electron chi connectivity index (χ2n) is 5.83. The molecule has 0 radical (unpaired) electrons. The molecule has 0 saturated carbocycles. The number of ether oxygens (including phenoxy) is 1. The summed E-state index contributed by atoms with van der Waals surface area (Å²) in [5.41, 5.74) is 1.26. The summed E-state index contributed by atoms with van der Waals surface area (Å²) in [6, 6.07) is 3.50. The molecule has 1 aliphatic rings. The van der Waals surface area contributed by atoms with Crippen LogP contribution in [-0.4, -0.2) is 45.1 Å². The number of carbonyl (C=O) groups is 1. The predicted molar refractivity (Wildman–Crippen MR) is 82.3 cm³/mol. The molecule has 122 valence electrons. The molecule has 7 nitrogen and oxygen atoms in total. The third kappa shape index (κ3) is 3.67. The van der Waals surface area contributed by atoms with E-state index in [0.717, 1.165) is 18.5 Å². The lowest BCUT2D eigenvalue weighted by atomic mass is 10.1. The molecule has 0 aromatic carbocycles. The summed E-state index contributed by atoms with van der Waals surface area (Å²) in [4.78, 5) is 22.6. The molecule has 0 spiro atoms. The Labute approximate surface area is 134 Å². The number of piperidine rings is 1. The minimum atomic E-state index is -0.0889. The zero-order chi connectivity index (χ0) is 16.4. The normalized spacial score (nSPS) is 15.7. The van der Waals surface area contributed by atoms with Crippen LogP contribution in [0, 0.1) is 20.8 Å². The van der Waals surface area contributed by atoms with E-state index in [9.17, 15) is 4.79 Å². The van der Waals surface area contributed by atoms with Crippen molar-refractivity contribution in [2.75, 3.05) is 13.1 Å². The summed E-state index contributed by atoms with van der Waals surface area (Å²) >= 11 is 0. The molecular formula is C16H20N4O3. The molecule has 0 bridgehead atoms. The van der Waals surface area contributed by atoms with Crippen LogP contribution in [0.4, 0.5) is 0 Å². The van der Waals surface area contributed by atoms with Crippen LogP contribution in [0.5, 0.6) is 5.88 Å². The largest absolute Gasteiger partial charge is 0.474 e. The number of aromatic nitrogens is 3. The first-order chi connectivity index (χ1) is 11.0. The summed E-state index contributed by atoms with van der Waals surface area (Å²) in [6.45, 7) is 6.82. The van der Waals surface area contributed by atoms with Gasteiger partial charge in [0.15, 0.2) is 5.69 Å². The Morgan fingerprint density at radius 1 is 1.22 bits per heavy atom. The topological polar surface area (TPSA) is 81.4 Å². The summed E-state index contributed by atoms with van der Waals surface area (Å²) in [7, 11) is 0. The third-order valence-electron chi connectivity index (χ3n) is 3.81. The number of hydrogen-bond acceptors (Lipinski definition) is 6. The first-order valence-corrected chi connectivity index (χ1v) is 7.73. The van der Waals surface area contributed by atoms with E-state index in [0.29, 0.717) is 36.2 Å². The highest BCUT2D eigenvalue weighted by molar-refractivity contribution is 5.92.